The summed E-state index contributed by atoms with van der Waals surface area (Å²) in [6.45, 7) is 2.09. The molecule has 3 aromatic rings. The van der Waals surface area contributed by atoms with E-state index in [1.54, 1.807) is 31.2 Å². The Morgan fingerprint density at radius 3 is 2.72 bits per heavy atom. The van der Waals surface area contributed by atoms with E-state index in [4.69, 9.17) is 4.74 Å². The van der Waals surface area contributed by atoms with Gasteiger partial charge in [-0.3, -0.25) is 5.43 Å². The molecule has 0 aliphatic carbocycles. The van der Waals surface area contributed by atoms with Gasteiger partial charge in [0.25, 0.3) is 0 Å². The van der Waals surface area contributed by atoms with Crippen LogP contribution in [0, 0.1) is 11.3 Å². The molecule has 0 aliphatic rings. The number of fused-ring (bicyclic) bond motifs is 1. The lowest BCUT2D eigenvalue weighted by Gasteiger charge is -2.03. The topological polar surface area (TPSA) is 87.4 Å². The first-order valence-electron chi connectivity index (χ1n) is 7.58. The molecule has 0 saturated carbocycles. The third-order valence-electron chi connectivity index (χ3n) is 3.30. The van der Waals surface area contributed by atoms with Crippen molar-refractivity contribution in [3.8, 4) is 6.07 Å². The number of nitrogens with zero attached hydrogens (tertiary/aromatic N) is 3. The van der Waals surface area contributed by atoms with Gasteiger partial charge in [0.2, 0.25) is 0 Å². The molecule has 1 N–H and O–H groups in total. The molecule has 0 radical (unpaired) electrons. The molecule has 124 valence electrons. The number of hydrogen-bond acceptors (Lipinski definition) is 7. The van der Waals surface area contributed by atoms with Crippen LogP contribution in [0.15, 0.2) is 53.6 Å². The van der Waals surface area contributed by atoms with Crippen LogP contribution in [-0.2, 0) is 4.74 Å². The Kier molecular flexibility index (Phi) is 5.02. The number of benzene rings is 2. The Morgan fingerprint density at radius 2 is 2.04 bits per heavy atom. The van der Waals surface area contributed by atoms with Gasteiger partial charge in [-0.15, -0.1) is 11.3 Å². The van der Waals surface area contributed by atoms with E-state index in [-0.39, 0.29) is 11.7 Å². The van der Waals surface area contributed by atoms with Crippen LogP contribution in [-0.4, -0.2) is 23.3 Å². The maximum Gasteiger partial charge on any atom is 0.338 e. The summed E-state index contributed by atoms with van der Waals surface area (Å²) >= 11 is 1.41. The zero-order valence-electron chi connectivity index (χ0n) is 13.4. The fourth-order valence-corrected chi connectivity index (χ4v) is 3.01. The van der Waals surface area contributed by atoms with Gasteiger partial charge in [-0.25, -0.2) is 9.78 Å². The molecule has 0 atom stereocenters. The molecule has 3 rings (SSSR count). The highest BCUT2D eigenvalue weighted by molar-refractivity contribution is 7.20. The number of thiazole rings is 1. The minimum Gasteiger partial charge on any atom is -0.462 e. The number of hydrogen-bond donors (Lipinski definition) is 1. The lowest BCUT2D eigenvalue weighted by molar-refractivity contribution is 0.0526. The van der Waals surface area contributed by atoms with Gasteiger partial charge in [0.05, 0.1) is 28.1 Å². The Labute approximate surface area is 148 Å². The summed E-state index contributed by atoms with van der Waals surface area (Å²) in [5, 5.41) is 14.0. The minimum absolute atomic E-state index is 0.204. The van der Waals surface area contributed by atoms with Crippen molar-refractivity contribution in [3.05, 3.63) is 59.1 Å². The highest BCUT2D eigenvalue weighted by Gasteiger charge is 2.10. The quantitative estimate of drug-likeness (QED) is 0.429. The van der Waals surface area contributed by atoms with Gasteiger partial charge in [-0.1, -0.05) is 12.1 Å². The van der Waals surface area contributed by atoms with Crippen LogP contribution in [0.25, 0.3) is 10.2 Å². The summed E-state index contributed by atoms with van der Waals surface area (Å²) in [4.78, 5) is 16.0. The van der Waals surface area contributed by atoms with Crippen LogP contribution in [0.3, 0.4) is 0 Å². The summed E-state index contributed by atoms with van der Waals surface area (Å²) in [7, 11) is 0. The molecule has 0 fully saturated rings. The highest BCUT2D eigenvalue weighted by Crippen LogP contribution is 2.22. The maximum atomic E-state index is 11.6. The molecule has 0 spiro atoms. The zero-order valence-corrected chi connectivity index (χ0v) is 14.2. The molecule has 7 heteroatoms. The van der Waals surface area contributed by atoms with E-state index in [0.29, 0.717) is 22.9 Å². The van der Waals surface area contributed by atoms with E-state index in [1.807, 2.05) is 24.3 Å². The standard InChI is InChI=1S/C18H14N4O2S/c1-2-24-18(23)12-7-9-13(10-8-12)21-22-15(11-19)17-20-14-5-3-4-6-16(14)25-17/h3-10,21H,2H2,1H3/b22-15+. The number of aromatic nitrogens is 1. The largest absolute Gasteiger partial charge is 0.462 e. The predicted molar refractivity (Wildman–Crippen MR) is 97.8 cm³/mol. The van der Waals surface area contributed by atoms with Gasteiger partial charge in [0.15, 0.2) is 10.7 Å². The Morgan fingerprint density at radius 1 is 1.28 bits per heavy atom. The van der Waals surface area contributed by atoms with Gasteiger partial charge in [0.1, 0.15) is 6.07 Å². The fourth-order valence-electron chi connectivity index (χ4n) is 2.11. The number of ether oxygens (including phenoxy) is 1. The first kappa shape index (κ1) is 16.6. The lowest BCUT2D eigenvalue weighted by Crippen LogP contribution is -2.05. The van der Waals surface area contributed by atoms with E-state index in [1.165, 1.54) is 11.3 Å². The molecule has 0 bridgehead atoms. The molecule has 2 aromatic carbocycles. The molecule has 1 heterocycles. The van der Waals surface area contributed by atoms with Crippen LogP contribution >= 0.6 is 11.3 Å². The van der Waals surface area contributed by atoms with Crippen molar-refractivity contribution in [3.63, 3.8) is 0 Å². The van der Waals surface area contributed by atoms with Crippen molar-refractivity contribution in [1.82, 2.24) is 4.98 Å². The van der Waals surface area contributed by atoms with Gasteiger partial charge < -0.3 is 4.74 Å². The normalized spacial score (nSPS) is 11.1. The van der Waals surface area contributed by atoms with Gasteiger partial charge in [-0.05, 0) is 43.3 Å². The molecule has 0 saturated heterocycles. The lowest BCUT2D eigenvalue weighted by atomic mass is 10.2. The Hall–Kier alpha value is -3.24. The second kappa shape index (κ2) is 7.55. The number of nitrogens with one attached hydrogen (secondary N) is 1. The molecule has 0 aliphatic heterocycles. The summed E-state index contributed by atoms with van der Waals surface area (Å²) in [6, 6.07) is 16.4. The number of anilines is 1. The molecule has 0 unspecified atom stereocenters. The average molecular weight is 350 g/mol. The van der Waals surface area contributed by atoms with Crippen LogP contribution in [0.4, 0.5) is 5.69 Å². The second-order valence-corrected chi connectivity index (χ2v) is 6.00. The smallest absolute Gasteiger partial charge is 0.338 e. The maximum absolute atomic E-state index is 11.6. The van der Waals surface area contributed by atoms with Crippen molar-refractivity contribution in [2.45, 2.75) is 6.92 Å². The third-order valence-corrected chi connectivity index (χ3v) is 4.34. The molecule has 25 heavy (non-hydrogen) atoms. The molecular weight excluding hydrogens is 336 g/mol. The Bertz CT molecular complexity index is 938. The summed E-state index contributed by atoms with van der Waals surface area (Å²) in [6.07, 6.45) is 0. The van der Waals surface area contributed by atoms with E-state index in [0.717, 1.165) is 10.2 Å². The number of carbonyl (C=O) groups excluding carboxylic acids is 1. The third kappa shape index (κ3) is 3.82. The van der Waals surface area contributed by atoms with Crippen molar-refractivity contribution in [2.75, 3.05) is 12.0 Å². The molecule has 6 nitrogen and oxygen atoms in total. The number of nitriles is 1. The van der Waals surface area contributed by atoms with Crippen molar-refractivity contribution >= 4 is 38.9 Å². The van der Waals surface area contributed by atoms with E-state index in [9.17, 15) is 10.1 Å². The summed E-state index contributed by atoms with van der Waals surface area (Å²) in [5.74, 6) is -0.371. The number of rotatable bonds is 5. The van der Waals surface area contributed by atoms with Crippen molar-refractivity contribution < 1.29 is 9.53 Å². The molecular formula is C18H14N4O2S. The number of esters is 1. The van der Waals surface area contributed by atoms with E-state index >= 15 is 0 Å². The summed E-state index contributed by atoms with van der Waals surface area (Å²) in [5.41, 5.74) is 4.97. The second-order valence-electron chi connectivity index (χ2n) is 4.97. The zero-order chi connectivity index (χ0) is 17.6. The fraction of sp³-hybridized carbons (Fsp3) is 0.111. The van der Waals surface area contributed by atoms with Crippen LogP contribution in [0.2, 0.25) is 0 Å². The van der Waals surface area contributed by atoms with Crippen LogP contribution in [0.1, 0.15) is 22.3 Å². The highest BCUT2D eigenvalue weighted by atomic mass is 32.1. The van der Waals surface area contributed by atoms with Crippen molar-refractivity contribution in [1.29, 1.82) is 5.26 Å². The first-order chi connectivity index (χ1) is 12.2. The Balaban J connectivity index is 1.77. The van der Waals surface area contributed by atoms with Gasteiger partial charge in [0, 0.05) is 0 Å². The molecule has 1 aromatic heterocycles. The predicted octanol–water partition coefficient (Wildman–Crippen LogP) is 3.81. The monoisotopic (exact) mass is 350 g/mol. The number of carbonyl (C=O) groups is 1. The number of hydrazone groups is 1. The first-order valence-corrected chi connectivity index (χ1v) is 8.40. The van der Waals surface area contributed by atoms with Crippen LogP contribution in [0.5, 0.6) is 0 Å². The number of para-hydroxylation sites is 1. The molecule has 0 amide bonds. The van der Waals surface area contributed by atoms with Gasteiger partial charge in [-0.2, -0.15) is 10.4 Å². The van der Waals surface area contributed by atoms with E-state index in [2.05, 4.69) is 21.6 Å². The summed E-state index contributed by atoms with van der Waals surface area (Å²) < 4.78 is 5.93. The SMILES string of the molecule is CCOC(=O)c1ccc(N/N=C(\C#N)c2nc3ccccc3s2)cc1. The average Bonchev–Trinajstić information content (AvgIpc) is 3.07. The van der Waals surface area contributed by atoms with Crippen LogP contribution < -0.4 is 5.43 Å². The van der Waals surface area contributed by atoms with E-state index < -0.39 is 0 Å². The van der Waals surface area contributed by atoms with Crippen molar-refractivity contribution in [2.24, 2.45) is 5.10 Å². The van der Waals surface area contributed by atoms with Gasteiger partial charge >= 0.3 is 5.97 Å². The minimum atomic E-state index is -0.371.